The average molecular weight is 304 g/mol. The van der Waals surface area contributed by atoms with Crippen LogP contribution in [0.2, 0.25) is 0 Å². The Hall–Kier alpha value is -2.54. The second-order valence-corrected chi connectivity index (χ2v) is 5.03. The lowest BCUT2D eigenvalue weighted by molar-refractivity contribution is -0.387. The molecule has 2 aromatic carbocycles. The van der Waals surface area contributed by atoms with Gasteiger partial charge in [0.05, 0.1) is 28.7 Å². The minimum Gasteiger partial charge on any atom is -0.497 e. The molecule has 0 saturated heterocycles. The molecule has 7 heteroatoms. The van der Waals surface area contributed by atoms with Gasteiger partial charge in [0, 0.05) is 4.90 Å². The average Bonchev–Trinajstić information content (AvgIpc) is 2.49. The van der Waals surface area contributed by atoms with Gasteiger partial charge in [-0.25, -0.2) is 0 Å². The van der Waals surface area contributed by atoms with E-state index in [4.69, 9.17) is 4.74 Å². The first kappa shape index (κ1) is 14.9. The number of methoxy groups -OCH3 is 1. The van der Waals surface area contributed by atoms with Crippen LogP contribution in [0.5, 0.6) is 5.75 Å². The minimum absolute atomic E-state index is 0.0414. The quantitative estimate of drug-likeness (QED) is 0.503. The molecule has 0 spiro atoms. The lowest BCUT2D eigenvalue weighted by atomic mass is 10.3. The Bertz CT molecular complexity index is 676. The van der Waals surface area contributed by atoms with E-state index in [1.165, 1.54) is 24.9 Å². The van der Waals surface area contributed by atoms with Crippen molar-refractivity contribution in [3.05, 3.63) is 52.6 Å². The molecule has 0 aromatic heterocycles. The van der Waals surface area contributed by atoms with E-state index in [1.54, 1.807) is 36.4 Å². The summed E-state index contributed by atoms with van der Waals surface area (Å²) in [6, 6.07) is 11.7. The molecule has 1 amide bonds. The number of rotatable bonds is 6. The van der Waals surface area contributed by atoms with Crippen LogP contribution in [-0.2, 0) is 4.79 Å². The number of anilines is 1. The third kappa shape index (κ3) is 3.51. The highest BCUT2D eigenvalue weighted by Crippen LogP contribution is 2.39. The number of hydrogen-bond donors (Lipinski definition) is 1. The Kier molecular flexibility index (Phi) is 4.78. The molecular formula is C14H12N2O4S. The maximum Gasteiger partial charge on any atom is 0.286 e. The smallest absolute Gasteiger partial charge is 0.286 e. The molecule has 6 nitrogen and oxygen atoms in total. The molecule has 0 aliphatic carbocycles. The molecule has 0 unspecified atom stereocenters. The standard InChI is InChI=1S/C14H12N2O4S/c1-20-10-6-7-14(12(8-10)16(18)19)21-13-5-3-2-4-11(13)15-9-17/h2-9H,1H3,(H,15,17). The Morgan fingerprint density at radius 3 is 2.67 bits per heavy atom. The van der Waals surface area contributed by atoms with Crippen molar-refractivity contribution < 1.29 is 14.5 Å². The summed E-state index contributed by atoms with van der Waals surface area (Å²) >= 11 is 1.21. The van der Waals surface area contributed by atoms with Crippen LogP contribution >= 0.6 is 11.8 Å². The Morgan fingerprint density at radius 1 is 1.24 bits per heavy atom. The van der Waals surface area contributed by atoms with Crippen molar-refractivity contribution in [1.82, 2.24) is 0 Å². The van der Waals surface area contributed by atoms with Gasteiger partial charge >= 0.3 is 0 Å². The number of carbonyl (C=O) groups is 1. The number of nitro groups is 1. The van der Waals surface area contributed by atoms with Gasteiger partial charge in [0.2, 0.25) is 6.41 Å². The molecular weight excluding hydrogens is 292 g/mol. The van der Waals surface area contributed by atoms with E-state index in [-0.39, 0.29) is 5.69 Å². The van der Waals surface area contributed by atoms with Gasteiger partial charge in [-0.15, -0.1) is 0 Å². The number of benzene rings is 2. The molecule has 0 aliphatic rings. The number of hydrogen-bond acceptors (Lipinski definition) is 5. The maximum atomic E-state index is 11.2. The Labute approximate surface area is 125 Å². The first-order valence-electron chi connectivity index (χ1n) is 5.95. The molecule has 108 valence electrons. The summed E-state index contributed by atoms with van der Waals surface area (Å²) in [6.07, 6.45) is 0.571. The fourth-order valence-corrected chi connectivity index (χ4v) is 2.70. The number of amides is 1. The van der Waals surface area contributed by atoms with Gasteiger partial charge in [-0.05, 0) is 24.3 Å². The molecule has 0 radical (unpaired) electrons. The molecule has 0 fully saturated rings. The van der Waals surface area contributed by atoms with Gasteiger partial charge in [0.25, 0.3) is 5.69 Å². The summed E-state index contributed by atoms with van der Waals surface area (Å²) in [4.78, 5) is 22.5. The molecule has 1 N–H and O–H groups in total. The van der Waals surface area contributed by atoms with E-state index < -0.39 is 4.92 Å². The fourth-order valence-electron chi connectivity index (χ4n) is 1.71. The van der Waals surface area contributed by atoms with Gasteiger partial charge in [-0.1, -0.05) is 23.9 Å². The normalized spacial score (nSPS) is 9.95. The Balaban J connectivity index is 2.39. The van der Waals surface area contributed by atoms with Crippen LogP contribution < -0.4 is 10.1 Å². The van der Waals surface area contributed by atoms with Crippen molar-refractivity contribution in [2.45, 2.75) is 9.79 Å². The summed E-state index contributed by atoms with van der Waals surface area (Å²) in [6.45, 7) is 0. The number of ether oxygens (including phenoxy) is 1. The second kappa shape index (κ2) is 6.76. The van der Waals surface area contributed by atoms with E-state index in [1.807, 2.05) is 0 Å². The van der Waals surface area contributed by atoms with E-state index in [9.17, 15) is 14.9 Å². The van der Waals surface area contributed by atoms with Crippen molar-refractivity contribution in [1.29, 1.82) is 0 Å². The summed E-state index contributed by atoms with van der Waals surface area (Å²) in [7, 11) is 1.45. The van der Waals surface area contributed by atoms with Gasteiger partial charge in [-0.3, -0.25) is 14.9 Å². The lowest BCUT2D eigenvalue weighted by Crippen LogP contribution is -1.96. The number of para-hydroxylation sites is 1. The van der Waals surface area contributed by atoms with Crippen molar-refractivity contribution in [2.75, 3.05) is 12.4 Å². The monoisotopic (exact) mass is 304 g/mol. The van der Waals surface area contributed by atoms with E-state index in [2.05, 4.69) is 5.32 Å². The van der Waals surface area contributed by atoms with Crippen molar-refractivity contribution >= 4 is 29.5 Å². The number of nitrogens with one attached hydrogen (secondary N) is 1. The first-order chi connectivity index (χ1) is 10.2. The predicted molar refractivity (Wildman–Crippen MR) is 79.9 cm³/mol. The predicted octanol–water partition coefficient (Wildman–Crippen LogP) is 3.32. The summed E-state index contributed by atoms with van der Waals surface area (Å²) < 4.78 is 5.00. The zero-order valence-electron chi connectivity index (χ0n) is 11.1. The number of nitrogens with zero attached hydrogens (tertiary/aromatic N) is 1. The first-order valence-corrected chi connectivity index (χ1v) is 6.77. The molecule has 0 bridgehead atoms. The van der Waals surface area contributed by atoms with Gasteiger partial charge in [0.1, 0.15) is 5.75 Å². The minimum atomic E-state index is -0.458. The Morgan fingerprint density at radius 2 is 2.00 bits per heavy atom. The molecule has 0 atom stereocenters. The highest BCUT2D eigenvalue weighted by atomic mass is 32.2. The van der Waals surface area contributed by atoms with Crippen LogP contribution in [0, 0.1) is 10.1 Å². The van der Waals surface area contributed by atoms with Crippen LogP contribution in [0.1, 0.15) is 0 Å². The van der Waals surface area contributed by atoms with Crippen LogP contribution in [0.25, 0.3) is 0 Å². The third-order valence-corrected chi connectivity index (χ3v) is 3.83. The lowest BCUT2D eigenvalue weighted by Gasteiger charge is -2.08. The zero-order chi connectivity index (χ0) is 15.2. The van der Waals surface area contributed by atoms with Crippen LogP contribution in [0.4, 0.5) is 11.4 Å². The van der Waals surface area contributed by atoms with Crippen LogP contribution in [0.3, 0.4) is 0 Å². The van der Waals surface area contributed by atoms with Gasteiger partial charge in [-0.2, -0.15) is 0 Å². The molecule has 0 aliphatic heterocycles. The van der Waals surface area contributed by atoms with Gasteiger partial charge < -0.3 is 10.1 Å². The zero-order valence-corrected chi connectivity index (χ0v) is 11.9. The molecule has 0 heterocycles. The fraction of sp³-hybridized carbons (Fsp3) is 0.0714. The third-order valence-electron chi connectivity index (χ3n) is 2.68. The van der Waals surface area contributed by atoms with Gasteiger partial charge in [0.15, 0.2) is 0 Å². The second-order valence-electron chi connectivity index (χ2n) is 3.95. The van der Waals surface area contributed by atoms with Crippen LogP contribution in [-0.4, -0.2) is 18.4 Å². The van der Waals surface area contributed by atoms with E-state index in [0.29, 0.717) is 22.7 Å². The van der Waals surface area contributed by atoms with E-state index in [0.717, 1.165) is 4.90 Å². The topological polar surface area (TPSA) is 81.5 Å². The van der Waals surface area contributed by atoms with E-state index >= 15 is 0 Å². The van der Waals surface area contributed by atoms with Crippen molar-refractivity contribution in [3.8, 4) is 5.75 Å². The largest absolute Gasteiger partial charge is 0.497 e. The molecule has 2 aromatic rings. The maximum absolute atomic E-state index is 11.2. The van der Waals surface area contributed by atoms with Crippen LogP contribution in [0.15, 0.2) is 52.3 Å². The highest BCUT2D eigenvalue weighted by Gasteiger charge is 2.17. The number of nitro benzene ring substituents is 1. The summed E-state index contributed by atoms with van der Waals surface area (Å²) in [5.41, 5.74) is 0.558. The summed E-state index contributed by atoms with van der Waals surface area (Å²) in [5, 5.41) is 13.7. The number of carbonyl (C=O) groups excluding carboxylic acids is 1. The summed E-state index contributed by atoms with van der Waals surface area (Å²) in [5.74, 6) is 0.422. The SMILES string of the molecule is COc1ccc(Sc2ccccc2NC=O)c([N+](=O)[O-])c1. The highest BCUT2D eigenvalue weighted by molar-refractivity contribution is 7.99. The molecule has 2 rings (SSSR count). The van der Waals surface area contributed by atoms with Crippen molar-refractivity contribution in [3.63, 3.8) is 0 Å². The molecule has 0 saturated carbocycles. The van der Waals surface area contributed by atoms with Crippen molar-refractivity contribution in [2.24, 2.45) is 0 Å². The molecule has 21 heavy (non-hydrogen) atoms.